The quantitative estimate of drug-likeness (QED) is 0.665. The first-order valence-corrected chi connectivity index (χ1v) is 10.1. The minimum absolute atomic E-state index is 0.0940. The number of carbonyl (C=O) groups excluding carboxylic acids is 1. The lowest BCUT2D eigenvalue weighted by atomic mass is 10.3. The lowest BCUT2D eigenvalue weighted by molar-refractivity contribution is 0.0940. The highest BCUT2D eigenvalue weighted by Gasteiger charge is 2.18. The number of amides is 1. The van der Waals surface area contributed by atoms with E-state index in [1.165, 1.54) is 12.8 Å². The molecule has 0 radical (unpaired) electrons. The molecule has 0 bridgehead atoms. The van der Waals surface area contributed by atoms with Gasteiger partial charge in [-0.25, -0.2) is 14.6 Å². The number of pyridine rings is 1. The van der Waals surface area contributed by atoms with Gasteiger partial charge in [0.15, 0.2) is 0 Å². The minimum atomic E-state index is -0.356. The van der Waals surface area contributed by atoms with E-state index >= 15 is 0 Å². The second-order valence-electron chi connectivity index (χ2n) is 7.06. The number of halogens is 1. The Morgan fingerprint density at radius 3 is 2.76 bits per heavy atom. The van der Waals surface area contributed by atoms with Gasteiger partial charge in [-0.2, -0.15) is 0 Å². The molecule has 1 aromatic carbocycles. The van der Waals surface area contributed by atoms with E-state index in [0.29, 0.717) is 29.0 Å². The maximum absolute atomic E-state index is 12.5. The Morgan fingerprint density at radius 2 is 2.03 bits per heavy atom. The Kier molecular flexibility index (Phi) is 5.76. The number of nitrogens with one attached hydrogen (secondary N) is 1. The number of para-hydroxylation sites is 1. The number of benzene rings is 1. The van der Waals surface area contributed by atoms with Gasteiger partial charge in [-0.3, -0.25) is 4.79 Å². The molecule has 29 heavy (non-hydrogen) atoms. The van der Waals surface area contributed by atoms with Crippen LogP contribution in [0.3, 0.4) is 0 Å². The summed E-state index contributed by atoms with van der Waals surface area (Å²) in [5.74, 6) is 0.947. The molecular formula is C21H22ClN5O2. The van der Waals surface area contributed by atoms with Crippen molar-refractivity contribution in [2.75, 3.05) is 0 Å². The molecule has 2 heterocycles. The number of ether oxygens (including phenoxy) is 1. The average molecular weight is 412 g/mol. The van der Waals surface area contributed by atoms with Gasteiger partial charge in [-0.15, -0.1) is 5.10 Å². The lowest BCUT2D eigenvalue weighted by Gasteiger charge is -2.12. The van der Waals surface area contributed by atoms with Crippen molar-refractivity contribution >= 4 is 17.5 Å². The predicted octanol–water partition coefficient (Wildman–Crippen LogP) is 3.88. The van der Waals surface area contributed by atoms with E-state index in [2.05, 4.69) is 20.4 Å². The van der Waals surface area contributed by atoms with Crippen LogP contribution in [0.25, 0.3) is 5.69 Å². The van der Waals surface area contributed by atoms with Crippen LogP contribution in [0.1, 0.15) is 47.7 Å². The topological polar surface area (TPSA) is 81.9 Å². The Balaban J connectivity index is 1.37. The van der Waals surface area contributed by atoms with Crippen LogP contribution in [0.2, 0.25) is 5.02 Å². The van der Waals surface area contributed by atoms with E-state index in [1.54, 1.807) is 23.9 Å². The first-order chi connectivity index (χ1) is 14.1. The van der Waals surface area contributed by atoms with Gasteiger partial charge >= 0.3 is 0 Å². The van der Waals surface area contributed by atoms with Gasteiger partial charge in [0, 0.05) is 18.8 Å². The molecule has 1 saturated carbocycles. The molecule has 2 aromatic heterocycles. The average Bonchev–Trinajstić information content (AvgIpc) is 3.37. The summed E-state index contributed by atoms with van der Waals surface area (Å²) in [6.07, 6.45) is 6.60. The van der Waals surface area contributed by atoms with E-state index in [-0.39, 0.29) is 17.8 Å². The molecule has 0 saturated heterocycles. The van der Waals surface area contributed by atoms with Crippen molar-refractivity contribution in [3.63, 3.8) is 0 Å². The highest BCUT2D eigenvalue weighted by atomic mass is 35.5. The monoisotopic (exact) mass is 411 g/mol. The molecule has 3 aromatic rings. The summed E-state index contributed by atoms with van der Waals surface area (Å²) in [6.45, 7) is 2.11. The van der Waals surface area contributed by atoms with Crippen molar-refractivity contribution in [3.8, 4) is 11.6 Å². The largest absolute Gasteiger partial charge is 0.474 e. The zero-order valence-electron chi connectivity index (χ0n) is 16.1. The maximum atomic E-state index is 12.5. The van der Waals surface area contributed by atoms with E-state index in [0.717, 1.165) is 18.4 Å². The van der Waals surface area contributed by atoms with Crippen molar-refractivity contribution in [1.29, 1.82) is 0 Å². The number of carbonyl (C=O) groups is 1. The van der Waals surface area contributed by atoms with Gasteiger partial charge in [0.25, 0.3) is 5.91 Å². The van der Waals surface area contributed by atoms with Gasteiger partial charge in [0.2, 0.25) is 11.7 Å². The smallest absolute Gasteiger partial charge is 0.291 e. The lowest BCUT2D eigenvalue weighted by Crippen LogP contribution is -2.24. The molecule has 1 aliphatic carbocycles. The fraction of sp³-hybridized carbons (Fsp3) is 0.333. The van der Waals surface area contributed by atoms with Crippen molar-refractivity contribution in [1.82, 2.24) is 25.1 Å². The highest BCUT2D eigenvalue weighted by Crippen LogP contribution is 2.23. The number of hydrogen-bond acceptors (Lipinski definition) is 5. The SMILES string of the molecule is Cc1nc(C(=O)NCc2ccc(OC3CCCC3)nc2)nn1-c1ccccc1Cl. The molecule has 150 valence electrons. The molecule has 1 amide bonds. The molecule has 4 rings (SSSR count). The highest BCUT2D eigenvalue weighted by molar-refractivity contribution is 6.32. The summed E-state index contributed by atoms with van der Waals surface area (Å²) < 4.78 is 7.42. The first kappa shape index (κ1) is 19.4. The summed E-state index contributed by atoms with van der Waals surface area (Å²) in [4.78, 5) is 21.1. The van der Waals surface area contributed by atoms with Gasteiger partial charge in [-0.05, 0) is 50.3 Å². The van der Waals surface area contributed by atoms with Crippen molar-refractivity contribution in [3.05, 3.63) is 64.8 Å². The number of rotatable bonds is 6. The molecule has 8 heteroatoms. The Morgan fingerprint density at radius 1 is 1.24 bits per heavy atom. The van der Waals surface area contributed by atoms with Crippen LogP contribution in [0, 0.1) is 6.92 Å². The van der Waals surface area contributed by atoms with Crippen LogP contribution >= 0.6 is 11.6 Å². The Hall–Kier alpha value is -2.93. The van der Waals surface area contributed by atoms with Gasteiger partial charge in [0.05, 0.1) is 10.7 Å². The predicted molar refractivity (Wildman–Crippen MR) is 109 cm³/mol. The number of hydrogen-bond donors (Lipinski definition) is 1. The Labute approximate surface area is 174 Å². The molecule has 1 aliphatic rings. The number of nitrogens with zero attached hydrogens (tertiary/aromatic N) is 4. The normalized spacial score (nSPS) is 14.1. The van der Waals surface area contributed by atoms with Gasteiger partial charge < -0.3 is 10.1 Å². The molecule has 0 unspecified atom stereocenters. The zero-order chi connectivity index (χ0) is 20.2. The third-order valence-corrected chi connectivity index (χ3v) is 5.21. The van der Waals surface area contributed by atoms with Crippen molar-refractivity contribution < 1.29 is 9.53 Å². The molecule has 0 atom stereocenters. The molecular weight excluding hydrogens is 390 g/mol. The molecule has 0 spiro atoms. The van der Waals surface area contributed by atoms with Crippen LogP contribution in [0.4, 0.5) is 0 Å². The summed E-state index contributed by atoms with van der Waals surface area (Å²) in [5.41, 5.74) is 1.56. The number of aryl methyl sites for hydroxylation is 1. The van der Waals surface area contributed by atoms with Crippen LogP contribution < -0.4 is 10.1 Å². The third-order valence-electron chi connectivity index (χ3n) is 4.89. The summed E-state index contributed by atoms with van der Waals surface area (Å²) in [5, 5.41) is 7.66. The second kappa shape index (κ2) is 8.61. The molecule has 1 N–H and O–H groups in total. The summed E-state index contributed by atoms with van der Waals surface area (Å²) in [7, 11) is 0. The van der Waals surface area contributed by atoms with Crippen molar-refractivity contribution in [2.24, 2.45) is 0 Å². The van der Waals surface area contributed by atoms with Gasteiger partial charge in [0.1, 0.15) is 11.9 Å². The van der Waals surface area contributed by atoms with E-state index in [9.17, 15) is 4.79 Å². The van der Waals surface area contributed by atoms with Crippen LogP contribution in [-0.2, 0) is 6.54 Å². The van der Waals surface area contributed by atoms with Crippen molar-refractivity contribution in [2.45, 2.75) is 45.3 Å². The maximum Gasteiger partial charge on any atom is 0.291 e. The number of aromatic nitrogens is 4. The van der Waals surface area contributed by atoms with Crippen LogP contribution in [0.15, 0.2) is 42.6 Å². The van der Waals surface area contributed by atoms with E-state index in [1.807, 2.05) is 30.3 Å². The summed E-state index contributed by atoms with van der Waals surface area (Å²) >= 11 is 6.22. The van der Waals surface area contributed by atoms with Crippen LogP contribution in [-0.4, -0.2) is 31.8 Å². The zero-order valence-corrected chi connectivity index (χ0v) is 16.9. The fourth-order valence-corrected chi connectivity index (χ4v) is 3.58. The first-order valence-electron chi connectivity index (χ1n) is 9.68. The van der Waals surface area contributed by atoms with E-state index < -0.39 is 0 Å². The standard InChI is InChI=1S/C21H22ClN5O2/c1-14-25-20(26-27(14)18-9-5-4-8-17(18)22)21(28)24-13-15-10-11-19(23-12-15)29-16-6-2-3-7-16/h4-5,8-12,16H,2-3,6-7,13H2,1H3,(H,24,28). The minimum Gasteiger partial charge on any atom is -0.474 e. The van der Waals surface area contributed by atoms with E-state index in [4.69, 9.17) is 16.3 Å². The molecule has 7 nitrogen and oxygen atoms in total. The second-order valence-corrected chi connectivity index (χ2v) is 7.46. The Bertz CT molecular complexity index is 997. The fourth-order valence-electron chi connectivity index (χ4n) is 3.36. The van der Waals surface area contributed by atoms with Crippen LogP contribution in [0.5, 0.6) is 5.88 Å². The molecule has 0 aliphatic heterocycles. The molecule has 1 fully saturated rings. The van der Waals surface area contributed by atoms with Gasteiger partial charge in [-0.1, -0.05) is 29.8 Å². The third kappa shape index (κ3) is 4.56. The summed E-state index contributed by atoms with van der Waals surface area (Å²) in [6, 6.07) is 11.0.